The van der Waals surface area contributed by atoms with Gasteiger partial charge < -0.3 is 15.7 Å². The van der Waals surface area contributed by atoms with Gasteiger partial charge in [-0.25, -0.2) is 0 Å². The van der Waals surface area contributed by atoms with Crippen molar-refractivity contribution in [2.75, 3.05) is 26.2 Å². The van der Waals surface area contributed by atoms with Gasteiger partial charge in [-0.15, -0.1) is 0 Å². The summed E-state index contributed by atoms with van der Waals surface area (Å²) in [7, 11) is 0. The van der Waals surface area contributed by atoms with Crippen LogP contribution in [0.4, 0.5) is 0 Å². The summed E-state index contributed by atoms with van der Waals surface area (Å²) in [5.41, 5.74) is 5.44. The number of hydrogen-bond donors (Lipinski definition) is 2. The number of hydrogen-bond acceptors (Lipinski definition) is 3. The Hall–Kier alpha value is -0.120. The lowest BCUT2D eigenvalue weighted by molar-refractivity contribution is 0.0549. The molecule has 1 heterocycles. The number of aliphatic hydroxyl groups is 1. The first-order chi connectivity index (χ1) is 8.41. The lowest BCUT2D eigenvalue weighted by atomic mass is 9.78. The number of unbranched alkanes of at least 4 members (excludes halogenated alkanes) is 1. The molecule has 108 valence electrons. The van der Waals surface area contributed by atoms with Crippen LogP contribution in [0.25, 0.3) is 0 Å². The quantitative estimate of drug-likeness (QED) is 0.688. The van der Waals surface area contributed by atoms with Crippen molar-refractivity contribution in [3.8, 4) is 0 Å². The van der Waals surface area contributed by atoms with Crippen molar-refractivity contribution in [2.45, 2.75) is 64.9 Å². The van der Waals surface area contributed by atoms with Crippen LogP contribution in [0.2, 0.25) is 0 Å². The highest BCUT2D eigenvalue weighted by molar-refractivity contribution is 4.81. The van der Waals surface area contributed by atoms with Gasteiger partial charge in [0.2, 0.25) is 0 Å². The SMILES string of the molecule is CCC1(C)CCN(CCCCC(C)(O)CN)CC1. The summed E-state index contributed by atoms with van der Waals surface area (Å²) in [5, 5.41) is 9.82. The first kappa shape index (κ1) is 15.9. The van der Waals surface area contributed by atoms with Gasteiger partial charge in [-0.1, -0.05) is 20.3 Å². The van der Waals surface area contributed by atoms with E-state index in [1.54, 1.807) is 0 Å². The van der Waals surface area contributed by atoms with Crippen molar-refractivity contribution >= 4 is 0 Å². The van der Waals surface area contributed by atoms with Gasteiger partial charge in [0, 0.05) is 6.54 Å². The highest BCUT2D eigenvalue weighted by Crippen LogP contribution is 2.33. The Kier molecular flexibility index (Phi) is 6.09. The molecule has 0 aromatic heterocycles. The minimum Gasteiger partial charge on any atom is -0.389 e. The van der Waals surface area contributed by atoms with Crippen LogP contribution < -0.4 is 5.73 Å². The number of nitrogens with zero attached hydrogens (tertiary/aromatic N) is 1. The first-order valence-electron chi connectivity index (χ1n) is 7.56. The molecule has 0 aromatic carbocycles. The molecule has 0 bridgehead atoms. The molecule has 1 saturated heterocycles. The zero-order chi connectivity index (χ0) is 13.6. The van der Waals surface area contributed by atoms with E-state index < -0.39 is 5.60 Å². The minimum atomic E-state index is -0.664. The lowest BCUT2D eigenvalue weighted by Crippen LogP contribution is -2.39. The minimum absolute atomic E-state index is 0.367. The van der Waals surface area contributed by atoms with E-state index in [2.05, 4.69) is 18.7 Å². The normalized spacial score (nSPS) is 23.8. The molecule has 1 rings (SSSR count). The fraction of sp³-hybridized carbons (Fsp3) is 1.00. The molecule has 1 fully saturated rings. The summed E-state index contributed by atoms with van der Waals surface area (Å²) in [5.74, 6) is 0. The summed E-state index contributed by atoms with van der Waals surface area (Å²) in [6.45, 7) is 10.6. The lowest BCUT2D eigenvalue weighted by Gasteiger charge is -2.39. The fourth-order valence-corrected chi connectivity index (χ4v) is 2.61. The van der Waals surface area contributed by atoms with Crippen molar-refractivity contribution in [2.24, 2.45) is 11.1 Å². The van der Waals surface area contributed by atoms with Crippen molar-refractivity contribution < 1.29 is 5.11 Å². The average Bonchev–Trinajstić information content (AvgIpc) is 2.37. The second-order valence-electron chi connectivity index (χ2n) is 6.66. The molecule has 1 aliphatic rings. The third-order valence-electron chi connectivity index (χ3n) is 4.80. The van der Waals surface area contributed by atoms with E-state index in [1.165, 1.54) is 45.3 Å². The van der Waals surface area contributed by atoms with E-state index in [1.807, 2.05) is 6.92 Å². The highest BCUT2D eigenvalue weighted by atomic mass is 16.3. The Labute approximate surface area is 113 Å². The van der Waals surface area contributed by atoms with Crippen molar-refractivity contribution in [3.63, 3.8) is 0 Å². The Bertz CT molecular complexity index is 233. The molecule has 3 heteroatoms. The Morgan fingerprint density at radius 2 is 1.89 bits per heavy atom. The summed E-state index contributed by atoms with van der Waals surface area (Å²) >= 11 is 0. The predicted octanol–water partition coefficient (Wildman–Crippen LogP) is 2.38. The Morgan fingerprint density at radius 1 is 1.28 bits per heavy atom. The third-order valence-corrected chi connectivity index (χ3v) is 4.80. The van der Waals surface area contributed by atoms with Gasteiger partial charge in [-0.2, -0.15) is 0 Å². The maximum Gasteiger partial charge on any atom is 0.0741 e. The standard InChI is InChI=1S/C15H32N2O/c1-4-14(2)8-11-17(12-9-14)10-6-5-7-15(3,18)13-16/h18H,4-13,16H2,1-3H3. The van der Waals surface area contributed by atoms with E-state index in [-0.39, 0.29) is 0 Å². The molecule has 0 aliphatic carbocycles. The van der Waals surface area contributed by atoms with Crippen LogP contribution in [0.15, 0.2) is 0 Å². The van der Waals surface area contributed by atoms with Gasteiger partial charge >= 0.3 is 0 Å². The first-order valence-corrected chi connectivity index (χ1v) is 7.56. The summed E-state index contributed by atoms with van der Waals surface area (Å²) < 4.78 is 0. The highest BCUT2D eigenvalue weighted by Gasteiger charge is 2.27. The molecule has 18 heavy (non-hydrogen) atoms. The Balaban J connectivity index is 2.12. The number of rotatable bonds is 7. The van der Waals surface area contributed by atoms with Crippen molar-refractivity contribution in [3.05, 3.63) is 0 Å². The van der Waals surface area contributed by atoms with E-state index in [9.17, 15) is 5.11 Å². The largest absolute Gasteiger partial charge is 0.389 e. The zero-order valence-corrected chi connectivity index (χ0v) is 12.5. The van der Waals surface area contributed by atoms with Crippen LogP contribution in [0.5, 0.6) is 0 Å². The number of nitrogens with two attached hydrogens (primary N) is 1. The maximum atomic E-state index is 9.82. The number of piperidine rings is 1. The van der Waals surface area contributed by atoms with Gasteiger partial charge in [0.05, 0.1) is 5.60 Å². The molecule has 0 aromatic rings. The van der Waals surface area contributed by atoms with Gasteiger partial charge in [-0.3, -0.25) is 0 Å². The summed E-state index contributed by atoms with van der Waals surface area (Å²) in [6, 6.07) is 0. The fourth-order valence-electron chi connectivity index (χ4n) is 2.61. The van der Waals surface area contributed by atoms with Gasteiger partial charge in [0.25, 0.3) is 0 Å². The second-order valence-corrected chi connectivity index (χ2v) is 6.66. The average molecular weight is 256 g/mol. The van der Waals surface area contributed by atoms with Gasteiger partial charge in [0.1, 0.15) is 0 Å². The molecule has 1 atom stereocenters. The van der Waals surface area contributed by atoms with Crippen molar-refractivity contribution in [1.29, 1.82) is 0 Å². The third kappa shape index (κ3) is 5.25. The molecule has 0 spiro atoms. The predicted molar refractivity (Wildman–Crippen MR) is 77.6 cm³/mol. The molecular formula is C15H32N2O. The van der Waals surface area contributed by atoms with Crippen LogP contribution in [0, 0.1) is 5.41 Å². The van der Waals surface area contributed by atoms with Gasteiger partial charge in [0.15, 0.2) is 0 Å². The molecule has 3 N–H and O–H groups in total. The van der Waals surface area contributed by atoms with Crippen LogP contribution >= 0.6 is 0 Å². The smallest absolute Gasteiger partial charge is 0.0741 e. The van der Waals surface area contributed by atoms with E-state index in [0.29, 0.717) is 12.0 Å². The van der Waals surface area contributed by atoms with Gasteiger partial charge in [-0.05, 0) is 64.1 Å². The van der Waals surface area contributed by atoms with Crippen molar-refractivity contribution in [1.82, 2.24) is 4.90 Å². The molecule has 1 aliphatic heterocycles. The monoisotopic (exact) mass is 256 g/mol. The topological polar surface area (TPSA) is 49.5 Å². The Morgan fingerprint density at radius 3 is 2.39 bits per heavy atom. The van der Waals surface area contributed by atoms with Crippen LogP contribution in [-0.2, 0) is 0 Å². The molecule has 1 unspecified atom stereocenters. The molecule has 0 saturated carbocycles. The van der Waals surface area contributed by atoms with E-state index in [0.717, 1.165) is 12.8 Å². The molecule has 0 radical (unpaired) electrons. The van der Waals surface area contributed by atoms with E-state index in [4.69, 9.17) is 5.73 Å². The number of likely N-dealkylation sites (tertiary alicyclic amines) is 1. The molecule has 0 amide bonds. The summed E-state index contributed by atoms with van der Waals surface area (Å²) in [4.78, 5) is 2.58. The molecular weight excluding hydrogens is 224 g/mol. The zero-order valence-electron chi connectivity index (χ0n) is 12.5. The maximum absolute atomic E-state index is 9.82. The van der Waals surface area contributed by atoms with Crippen LogP contribution in [0.1, 0.15) is 59.3 Å². The van der Waals surface area contributed by atoms with Crippen LogP contribution in [0.3, 0.4) is 0 Å². The molecule has 3 nitrogen and oxygen atoms in total. The summed E-state index contributed by atoms with van der Waals surface area (Å²) in [6.07, 6.45) is 7.06. The van der Waals surface area contributed by atoms with E-state index >= 15 is 0 Å². The van der Waals surface area contributed by atoms with Crippen LogP contribution in [-0.4, -0.2) is 41.8 Å². The second kappa shape index (κ2) is 6.88.